The monoisotopic (exact) mass is 303 g/mol. The summed E-state index contributed by atoms with van der Waals surface area (Å²) in [4.78, 5) is 24.4. The Balaban J connectivity index is 1.52. The van der Waals surface area contributed by atoms with Gasteiger partial charge in [-0.3, -0.25) is 14.3 Å². The number of Topliss-reactive ketones (excluding diaryl/α,β-unsaturated/α-hetero) is 1. The minimum absolute atomic E-state index is 0.444. The van der Waals surface area contributed by atoms with Gasteiger partial charge in [-0.25, -0.2) is 0 Å². The molecule has 0 saturated heterocycles. The molecule has 2 aliphatic carbocycles. The molecule has 1 heterocycles. The number of carbonyl (C=O) groups excluding carboxylic acids is 2. The van der Waals surface area contributed by atoms with Gasteiger partial charge in [0.2, 0.25) is 0 Å². The van der Waals surface area contributed by atoms with Crippen LogP contribution in [0.3, 0.4) is 0 Å². The van der Waals surface area contributed by atoms with Crippen LogP contribution in [-0.4, -0.2) is 28.0 Å². The summed E-state index contributed by atoms with van der Waals surface area (Å²) in [5.41, 5.74) is 1.80. The van der Waals surface area contributed by atoms with E-state index in [-0.39, 0.29) is 0 Å². The van der Waals surface area contributed by atoms with Gasteiger partial charge in [-0.15, -0.1) is 0 Å². The number of ketones is 1. The largest absolute Gasteiger partial charge is 0.349 e. The Labute approximate surface area is 131 Å². The smallest absolute Gasteiger partial charge is 0.292 e. The predicted molar refractivity (Wildman–Crippen MR) is 83.6 cm³/mol. The average Bonchev–Trinajstić information content (AvgIpc) is 3.14. The van der Waals surface area contributed by atoms with Crippen LogP contribution in [0.4, 0.5) is 0 Å². The van der Waals surface area contributed by atoms with Crippen molar-refractivity contribution in [2.75, 3.05) is 6.54 Å². The first kappa shape index (κ1) is 15.3. The number of amides is 1. The first-order chi connectivity index (χ1) is 10.5. The van der Waals surface area contributed by atoms with E-state index < -0.39 is 11.7 Å². The molecule has 5 nitrogen and oxygen atoms in total. The van der Waals surface area contributed by atoms with E-state index in [9.17, 15) is 9.59 Å². The molecule has 1 amide bonds. The Morgan fingerprint density at radius 2 is 2.05 bits per heavy atom. The van der Waals surface area contributed by atoms with Crippen molar-refractivity contribution in [2.45, 2.75) is 46.0 Å². The molecule has 1 aromatic heterocycles. The van der Waals surface area contributed by atoms with Gasteiger partial charge in [0.15, 0.2) is 0 Å². The molecule has 2 aliphatic rings. The van der Waals surface area contributed by atoms with Crippen molar-refractivity contribution in [1.29, 1.82) is 0 Å². The van der Waals surface area contributed by atoms with Crippen LogP contribution < -0.4 is 5.32 Å². The van der Waals surface area contributed by atoms with Crippen molar-refractivity contribution >= 4 is 11.7 Å². The molecule has 0 aromatic carbocycles. The molecule has 2 fully saturated rings. The number of nitrogens with one attached hydrogen (secondary N) is 1. The van der Waals surface area contributed by atoms with E-state index >= 15 is 0 Å². The Kier molecular flexibility index (Phi) is 4.06. The van der Waals surface area contributed by atoms with Gasteiger partial charge in [-0.05, 0) is 57.3 Å². The highest BCUT2D eigenvalue weighted by atomic mass is 16.2. The number of hydrogen-bond donors (Lipinski definition) is 1. The maximum atomic E-state index is 12.3. The summed E-state index contributed by atoms with van der Waals surface area (Å²) in [6.07, 6.45) is 6.45. The summed E-state index contributed by atoms with van der Waals surface area (Å²) in [5.74, 6) is 1.57. The van der Waals surface area contributed by atoms with Gasteiger partial charge in [0.25, 0.3) is 11.7 Å². The zero-order chi connectivity index (χ0) is 15.9. The summed E-state index contributed by atoms with van der Waals surface area (Å²) in [7, 11) is 1.78. The first-order valence-electron chi connectivity index (χ1n) is 8.30. The normalized spacial score (nSPS) is 26.4. The molecule has 0 spiro atoms. The summed E-state index contributed by atoms with van der Waals surface area (Å²) in [6, 6.07) is 0. The Morgan fingerprint density at radius 1 is 1.27 bits per heavy atom. The van der Waals surface area contributed by atoms with Gasteiger partial charge in [-0.2, -0.15) is 5.10 Å². The van der Waals surface area contributed by atoms with Crippen LogP contribution in [0.25, 0.3) is 0 Å². The maximum Gasteiger partial charge on any atom is 0.292 e. The van der Waals surface area contributed by atoms with Crippen LogP contribution in [0, 0.1) is 31.6 Å². The SMILES string of the molecule is Cc1nn(C)c(C)c1C(=O)C(=O)NCC[C@@H]1C[C@H]2CC[C@H]1C2. The highest BCUT2D eigenvalue weighted by Gasteiger charge is 2.38. The summed E-state index contributed by atoms with van der Waals surface area (Å²) in [5, 5.41) is 7.00. The standard InChI is InChI=1S/C17H25N3O2/c1-10-15(11(2)20(3)19-10)16(21)17(22)18-7-6-14-9-12-4-5-13(14)8-12/h12-14H,4-9H2,1-3H3,(H,18,22)/t12-,13-,14+/m0/s1. The van der Waals surface area contributed by atoms with Crippen molar-refractivity contribution in [2.24, 2.45) is 24.8 Å². The molecule has 2 bridgehead atoms. The van der Waals surface area contributed by atoms with Crippen LogP contribution in [0.15, 0.2) is 0 Å². The van der Waals surface area contributed by atoms with E-state index in [0.717, 1.165) is 29.9 Å². The molecule has 1 N–H and O–H groups in total. The molecular formula is C17H25N3O2. The third-order valence-electron chi connectivity index (χ3n) is 5.63. The third kappa shape index (κ3) is 2.69. The lowest BCUT2D eigenvalue weighted by atomic mass is 9.86. The zero-order valence-corrected chi connectivity index (χ0v) is 13.7. The van der Waals surface area contributed by atoms with Crippen LogP contribution in [0.5, 0.6) is 0 Å². The van der Waals surface area contributed by atoms with Gasteiger partial charge >= 0.3 is 0 Å². The molecular weight excluding hydrogens is 278 g/mol. The molecule has 0 unspecified atom stereocenters. The van der Waals surface area contributed by atoms with Gasteiger partial charge in [0.05, 0.1) is 11.3 Å². The van der Waals surface area contributed by atoms with Gasteiger partial charge in [0, 0.05) is 19.3 Å². The van der Waals surface area contributed by atoms with Crippen molar-refractivity contribution in [3.05, 3.63) is 17.0 Å². The lowest BCUT2D eigenvalue weighted by Crippen LogP contribution is -2.33. The average molecular weight is 303 g/mol. The van der Waals surface area contributed by atoms with Crippen molar-refractivity contribution < 1.29 is 9.59 Å². The second-order valence-corrected chi connectivity index (χ2v) is 6.98. The number of rotatable bonds is 5. The number of nitrogens with zero attached hydrogens (tertiary/aromatic N) is 2. The van der Waals surface area contributed by atoms with E-state index in [1.54, 1.807) is 18.7 Å². The number of aryl methyl sites for hydroxylation is 2. The van der Waals surface area contributed by atoms with Crippen LogP contribution in [-0.2, 0) is 11.8 Å². The van der Waals surface area contributed by atoms with Gasteiger partial charge in [0.1, 0.15) is 0 Å². The quantitative estimate of drug-likeness (QED) is 0.669. The van der Waals surface area contributed by atoms with E-state index in [1.165, 1.54) is 25.7 Å². The molecule has 3 rings (SSSR count). The number of aromatic nitrogens is 2. The molecule has 0 radical (unpaired) electrons. The first-order valence-corrected chi connectivity index (χ1v) is 8.30. The van der Waals surface area contributed by atoms with Gasteiger partial charge in [-0.1, -0.05) is 6.42 Å². The minimum atomic E-state index is -0.498. The molecule has 22 heavy (non-hydrogen) atoms. The predicted octanol–water partition coefficient (Wildman–Crippen LogP) is 2.16. The molecule has 2 saturated carbocycles. The third-order valence-corrected chi connectivity index (χ3v) is 5.63. The number of fused-ring (bicyclic) bond motifs is 2. The molecule has 3 atom stereocenters. The summed E-state index contributed by atoms with van der Waals surface area (Å²) < 4.78 is 1.64. The van der Waals surface area contributed by atoms with E-state index in [4.69, 9.17) is 0 Å². The number of hydrogen-bond acceptors (Lipinski definition) is 3. The Hall–Kier alpha value is -1.65. The molecule has 0 aliphatic heterocycles. The summed E-state index contributed by atoms with van der Waals surface area (Å²) >= 11 is 0. The fourth-order valence-electron chi connectivity index (χ4n) is 4.40. The van der Waals surface area contributed by atoms with Crippen molar-refractivity contribution in [1.82, 2.24) is 15.1 Å². The molecule has 120 valence electrons. The van der Waals surface area contributed by atoms with E-state index in [1.807, 2.05) is 6.92 Å². The maximum absolute atomic E-state index is 12.3. The summed E-state index contributed by atoms with van der Waals surface area (Å²) in [6.45, 7) is 4.19. The fraction of sp³-hybridized carbons (Fsp3) is 0.706. The number of carbonyl (C=O) groups is 2. The van der Waals surface area contributed by atoms with Crippen LogP contribution in [0.1, 0.15) is 53.8 Å². The topological polar surface area (TPSA) is 64.0 Å². The van der Waals surface area contributed by atoms with Crippen molar-refractivity contribution in [3.63, 3.8) is 0 Å². The lowest BCUT2D eigenvalue weighted by Gasteiger charge is -2.21. The molecule has 5 heteroatoms. The van der Waals surface area contributed by atoms with E-state index in [0.29, 0.717) is 17.8 Å². The zero-order valence-electron chi connectivity index (χ0n) is 13.7. The second-order valence-electron chi connectivity index (χ2n) is 6.98. The van der Waals surface area contributed by atoms with Crippen molar-refractivity contribution in [3.8, 4) is 0 Å². The lowest BCUT2D eigenvalue weighted by molar-refractivity contribution is -0.117. The van der Waals surface area contributed by atoms with Gasteiger partial charge < -0.3 is 5.32 Å². The van der Waals surface area contributed by atoms with E-state index in [2.05, 4.69) is 10.4 Å². The Morgan fingerprint density at radius 3 is 2.59 bits per heavy atom. The fourth-order valence-corrected chi connectivity index (χ4v) is 4.40. The second kappa shape index (κ2) is 5.86. The molecule has 1 aromatic rings. The van der Waals surface area contributed by atoms with Crippen LogP contribution in [0.2, 0.25) is 0 Å². The van der Waals surface area contributed by atoms with Crippen LogP contribution >= 0.6 is 0 Å². The Bertz CT molecular complexity index is 605. The highest BCUT2D eigenvalue weighted by Crippen LogP contribution is 2.49. The minimum Gasteiger partial charge on any atom is -0.349 e. The highest BCUT2D eigenvalue weighted by molar-refractivity contribution is 6.43.